The molecule has 1 aromatic carbocycles. The first-order valence-corrected chi connectivity index (χ1v) is 9.20. The van der Waals surface area contributed by atoms with Gasteiger partial charge in [-0.25, -0.2) is 0 Å². The first-order valence-electron chi connectivity index (χ1n) is 9.20. The van der Waals surface area contributed by atoms with Crippen LogP contribution in [0.3, 0.4) is 0 Å². The van der Waals surface area contributed by atoms with Gasteiger partial charge in [-0.2, -0.15) is 22.0 Å². The Bertz CT molecular complexity index is 616. The molecular formula is C19H25F5O5. The molecule has 0 saturated carbocycles. The number of carbonyl (C=O) groups is 1. The van der Waals surface area contributed by atoms with Gasteiger partial charge in [0.15, 0.2) is 6.29 Å². The number of rotatable bonds is 13. The standard InChI is InChI=1S/C19H25F5O5/c20-18(21,19(22,23)24)11-4-6-13(16(25)26)5-2-1-3-12-29-15-9-7-14(8-10-15)17(27)28/h7-10,13,17,27-28H,1-6,11-12H2,(H,25,26). The molecule has 0 heterocycles. The van der Waals surface area contributed by atoms with Gasteiger partial charge in [0, 0.05) is 12.0 Å². The third kappa shape index (κ3) is 8.95. The zero-order valence-corrected chi connectivity index (χ0v) is 15.7. The van der Waals surface area contributed by atoms with Gasteiger partial charge in [-0.1, -0.05) is 25.0 Å². The van der Waals surface area contributed by atoms with Crippen LogP contribution in [0.1, 0.15) is 56.8 Å². The number of hydrogen-bond acceptors (Lipinski definition) is 4. The third-order valence-corrected chi connectivity index (χ3v) is 4.45. The average molecular weight is 428 g/mol. The molecule has 1 atom stereocenters. The van der Waals surface area contributed by atoms with Crippen molar-refractivity contribution in [3.8, 4) is 5.75 Å². The number of unbranched alkanes of at least 4 members (excludes halogenated alkanes) is 2. The molecule has 166 valence electrons. The zero-order valence-electron chi connectivity index (χ0n) is 15.7. The summed E-state index contributed by atoms with van der Waals surface area (Å²) in [4.78, 5) is 11.2. The van der Waals surface area contributed by atoms with Crippen LogP contribution in [-0.4, -0.2) is 40.0 Å². The molecule has 0 aliphatic heterocycles. The third-order valence-electron chi connectivity index (χ3n) is 4.45. The monoisotopic (exact) mass is 428 g/mol. The molecule has 29 heavy (non-hydrogen) atoms. The first kappa shape index (κ1) is 25.1. The van der Waals surface area contributed by atoms with Crippen LogP contribution in [0, 0.1) is 5.92 Å². The Hall–Kier alpha value is -1.94. The van der Waals surface area contributed by atoms with Crippen molar-refractivity contribution in [2.75, 3.05) is 6.61 Å². The van der Waals surface area contributed by atoms with Crippen molar-refractivity contribution >= 4 is 5.97 Å². The van der Waals surface area contributed by atoms with Crippen molar-refractivity contribution in [3.63, 3.8) is 0 Å². The smallest absolute Gasteiger partial charge is 0.453 e. The molecule has 0 spiro atoms. The number of aliphatic carboxylic acids is 1. The Morgan fingerprint density at radius 3 is 2.03 bits per heavy atom. The summed E-state index contributed by atoms with van der Waals surface area (Å²) in [6.45, 7) is 0.344. The van der Waals surface area contributed by atoms with E-state index < -0.39 is 43.1 Å². The largest absolute Gasteiger partial charge is 0.494 e. The molecule has 0 amide bonds. The minimum Gasteiger partial charge on any atom is -0.494 e. The molecule has 0 fully saturated rings. The highest BCUT2D eigenvalue weighted by Crippen LogP contribution is 2.39. The van der Waals surface area contributed by atoms with E-state index in [0.29, 0.717) is 37.2 Å². The van der Waals surface area contributed by atoms with E-state index in [0.717, 1.165) is 0 Å². The summed E-state index contributed by atoms with van der Waals surface area (Å²) in [6.07, 6.45) is -7.48. The Kier molecular flexibility index (Phi) is 9.78. The Labute approximate surface area is 165 Å². The average Bonchev–Trinajstić information content (AvgIpc) is 2.62. The van der Waals surface area contributed by atoms with Crippen molar-refractivity contribution in [1.29, 1.82) is 0 Å². The predicted molar refractivity (Wildman–Crippen MR) is 93.6 cm³/mol. The van der Waals surface area contributed by atoms with Crippen LogP contribution in [0.4, 0.5) is 22.0 Å². The lowest BCUT2D eigenvalue weighted by Gasteiger charge is -2.20. The second-order valence-corrected chi connectivity index (χ2v) is 6.77. The molecule has 0 aliphatic rings. The summed E-state index contributed by atoms with van der Waals surface area (Å²) in [5, 5.41) is 27.1. The number of ether oxygens (including phenoxy) is 1. The molecule has 0 bridgehead atoms. The molecule has 0 aromatic heterocycles. The van der Waals surface area contributed by atoms with Gasteiger partial charge in [0.2, 0.25) is 0 Å². The molecule has 5 nitrogen and oxygen atoms in total. The van der Waals surface area contributed by atoms with Gasteiger partial charge in [-0.3, -0.25) is 4.79 Å². The summed E-state index contributed by atoms with van der Waals surface area (Å²) in [6, 6.07) is 6.15. The summed E-state index contributed by atoms with van der Waals surface area (Å²) in [5.41, 5.74) is 0.324. The minimum atomic E-state index is -5.62. The van der Waals surface area contributed by atoms with Crippen LogP contribution in [0.5, 0.6) is 5.75 Å². The summed E-state index contributed by atoms with van der Waals surface area (Å²) in [5.74, 6) is -6.44. The van der Waals surface area contributed by atoms with Crippen molar-refractivity contribution in [3.05, 3.63) is 29.8 Å². The topological polar surface area (TPSA) is 87.0 Å². The molecule has 0 radical (unpaired) electrons. The van der Waals surface area contributed by atoms with Crippen LogP contribution >= 0.6 is 0 Å². The van der Waals surface area contributed by atoms with E-state index >= 15 is 0 Å². The number of hydrogen-bond donors (Lipinski definition) is 3. The highest BCUT2D eigenvalue weighted by molar-refractivity contribution is 5.69. The van der Waals surface area contributed by atoms with E-state index in [1.807, 2.05) is 0 Å². The Morgan fingerprint density at radius 2 is 1.52 bits per heavy atom. The van der Waals surface area contributed by atoms with Crippen LogP contribution in [0.15, 0.2) is 24.3 Å². The van der Waals surface area contributed by atoms with E-state index in [1.165, 1.54) is 12.1 Å². The van der Waals surface area contributed by atoms with Gasteiger partial charge in [0.25, 0.3) is 0 Å². The molecule has 0 saturated heterocycles. The Balaban J connectivity index is 2.25. The normalized spacial score (nSPS) is 13.5. The highest BCUT2D eigenvalue weighted by Gasteiger charge is 2.56. The predicted octanol–water partition coefficient (Wildman–Crippen LogP) is 4.68. The van der Waals surface area contributed by atoms with Crippen molar-refractivity contribution < 1.29 is 46.8 Å². The fourth-order valence-electron chi connectivity index (χ4n) is 2.70. The lowest BCUT2D eigenvalue weighted by Crippen LogP contribution is -2.36. The second-order valence-electron chi connectivity index (χ2n) is 6.77. The number of benzene rings is 1. The van der Waals surface area contributed by atoms with Crippen molar-refractivity contribution in [1.82, 2.24) is 0 Å². The molecule has 10 heteroatoms. The quantitative estimate of drug-likeness (QED) is 0.241. The maximum atomic E-state index is 12.9. The van der Waals surface area contributed by atoms with E-state index in [1.54, 1.807) is 12.1 Å². The fourth-order valence-corrected chi connectivity index (χ4v) is 2.70. The van der Waals surface area contributed by atoms with Gasteiger partial charge in [-0.05, 0) is 37.8 Å². The second kappa shape index (κ2) is 11.3. The first-order chi connectivity index (χ1) is 13.4. The number of carboxylic acids is 1. The summed E-state index contributed by atoms with van der Waals surface area (Å²) < 4.78 is 67.5. The summed E-state index contributed by atoms with van der Waals surface area (Å²) >= 11 is 0. The van der Waals surface area contributed by atoms with Crippen molar-refractivity contribution in [2.45, 2.75) is 63.3 Å². The SMILES string of the molecule is O=C(O)C(CCCCCOc1ccc(C(O)O)cc1)CCCC(F)(F)C(F)(F)F. The number of aliphatic hydroxyl groups excluding tert-OH is 1. The van der Waals surface area contributed by atoms with Crippen LogP contribution in [0.2, 0.25) is 0 Å². The molecule has 0 aliphatic carbocycles. The van der Waals surface area contributed by atoms with Gasteiger partial charge >= 0.3 is 18.1 Å². The number of carboxylic acid groups (broad SMARTS) is 1. The highest BCUT2D eigenvalue weighted by atomic mass is 19.4. The number of halogens is 5. The molecule has 1 unspecified atom stereocenters. The van der Waals surface area contributed by atoms with E-state index in [9.17, 15) is 26.7 Å². The van der Waals surface area contributed by atoms with E-state index in [2.05, 4.69) is 0 Å². The van der Waals surface area contributed by atoms with Crippen molar-refractivity contribution in [2.24, 2.45) is 5.92 Å². The van der Waals surface area contributed by atoms with Crippen LogP contribution in [-0.2, 0) is 4.79 Å². The molecule has 1 aromatic rings. The van der Waals surface area contributed by atoms with E-state index in [-0.39, 0.29) is 12.8 Å². The van der Waals surface area contributed by atoms with Crippen LogP contribution in [0.25, 0.3) is 0 Å². The van der Waals surface area contributed by atoms with Gasteiger partial charge in [0.1, 0.15) is 5.75 Å². The van der Waals surface area contributed by atoms with Gasteiger partial charge in [0.05, 0.1) is 12.5 Å². The molecular weight excluding hydrogens is 403 g/mol. The number of aliphatic hydroxyl groups is 2. The van der Waals surface area contributed by atoms with E-state index in [4.69, 9.17) is 20.1 Å². The fraction of sp³-hybridized carbons (Fsp3) is 0.632. The van der Waals surface area contributed by atoms with Gasteiger partial charge in [-0.15, -0.1) is 0 Å². The lowest BCUT2D eigenvalue weighted by molar-refractivity contribution is -0.284. The Morgan fingerprint density at radius 1 is 0.931 bits per heavy atom. The zero-order chi connectivity index (χ0) is 22.1. The maximum absolute atomic E-state index is 12.9. The van der Waals surface area contributed by atoms with Gasteiger partial charge < -0.3 is 20.1 Å². The summed E-state index contributed by atoms with van der Waals surface area (Å²) in [7, 11) is 0. The minimum absolute atomic E-state index is 0.190. The maximum Gasteiger partial charge on any atom is 0.453 e. The molecule has 1 rings (SSSR count). The molecule has 3 N–H and O–H groups in total. The number of alkyl halides is 5. The lowest BCUT2D eigenvalue weighted by atomic mass is 9.94. The van der Waals surface area contributed by atoms with Crippen LogP contribution < -0.4 is 4.74 Å².